The Bertz CT molecular complexity index is 316. The van der Waals surface area contributed by atoms with E-state index in [4.69, 9.17) is 0 Å². The highest BCUT2D eigenvalue weighted by Gasteiger charge is 2.10. The summed E-state index contributed by atoms with van der Waals surface area (Å²) in [7, 11) is 0.650. The summed E-state index contributed by atoms with van der Waals surface area (Å²) < 4.78 is 29.0. The summed E-state index contributed by atoms with van der Waals surface area (Å²) in [6.45, 7) is 6.25. The maximum absolute atomic E-state index is 9.68. The molecular weight excluding hydrogens is 298 g/mol. The Labute approximate surface area is 139 Å². The standard InChI is InChI=1S/C14H31N.C3H8O3S/c1-5-7-8-9-10-11-12-13-14(6-2)15(3)4;1-2-3-7(4,5)6/h14H,5-13H2,1-4H3;2-3H2,1H3,(H,4,5,6). The Morgan fingerprint density at radius 2 is 1.36 bits per heavy atom. The predicted molar refractivity (Wildman–Crippen MR) is 94.4 cm³/mol. The lowest BCUT2D eigenvalue weighted by atomic mass is 10.0. The largest absolute Gasteiger partial charge is 0.748 e. The van der Waals surface area contributed by atoms with Crippen LogP contribution in [0.4, 0.5) is 0 Å². The molecule has 0 spiro atoms. The molecule has 0 aliphatic heterocycles. The second kappa shape index (κ2) is 15.8. The molecule has 0 saturated heterocycles. The highest BCUT2D eigenvalue weighted by atomic mass is 32.2. The number of rotatable bonds is 12. The quantitative estimate of drug-likeness (QED) is 0.440. The van der Waals surface area contributed by atoms with Crippen molar-refractivity contribution in [2.75, 3.05) is 19.8 Å². The molecule has 0 aromatic carbocycles. The third-order valence-electron chi connectivity index (χ3n) is 3.92. The Hall–Kier alpha value is -0.130. The summed E-state index contributed by atoms with van der Waals surface area (Å²) in [5, 5.41) is 0. The zero-order chi connectivity index (χ0) is 17.4. The van der Waals surface area contributed by atoms with Crippen LogP contribution >= 0.6 is 0 Å². The molecule has 1 N–H and O–H groups in total. The van der Waals surface area contributed by atoms with E-state index in [0.29, 0.717) is 6.42 Å². The van der Waals surface area contributed by atoms with Crippen LogP contribution in [0.1, 0.15) is 85.0 Å². The molecule has 1 atom stereocenters. The third kappa shape index (κ3) is 19.9. The van der Waals surface area contributed by atoms with Gasteiger partial charge in [0.2, 0.25) is 0 Å². The van der Waals surface area contributed by atoms with Crippen molar-refractivity contribution in [3.63, 3.8) is 0 Å². The van der Waals surface area contributed by atoms with E-state index in [1.807, 2.05) is 0 Å². The highest BCUT2D eigenvalue weighted by molar-refractivity contribution is 7.85. The second-order valence-electron chi connectivity index (χ2n) is 6.35. The topological polar surface area (TPSA) is 61.6 Å². The lowest BCUT2D eigenvalue weighted by Gasteiger charge is -2.19. The first-order valence-electron chi connectivity index (χ1n) is 9.02. The van der Waals surface area contributed by atoms with Gasteiger partial charge in [0.05, 0.1) is 30.3 Å². The van der Waals surface area contributed by atoms with E-state index in [9.17, 15) is 13.0 Å². The molecule has 1 unspecified atom stereocenters. The first-order chi connectivity index (χ1) is 10.3. The molecule has 0 heterocycles. The minimum atomic E-state index is -3.92. The van der Waals surface area contributed by atoms with E-state index in [-0.39, 0.29) is 5.75 Å². The molecule has 0 aliphatic rings. The van der Waals surface area contributed by atoms with Crippen LogP contribution in [0.25, 0.3) is 0 Å². The molecule has 0 rings (SSSR count). The molecule has 5 heteroatoms. The smallest absolute Gasteiger partial charge is 0.0945 e. The zero-order valence-corrected chi connectivity index (χ0v) is 16.3. The number of hydrogen-bond donors (Lipinski definition) is 1. The van der Waals surface area contributed by atoms with Gasteiger partial charge in [0.1, 0.15) is 0 Å². The molecule has 0 aromatic rings. The van der Waals surface area contributed by atoms with Crippen LogP contribution in [0.2, 0.25) is 0 Å². The van der Waals surface area contributed by atoms with Crippen LogP contribution in [0.5, 0.6) is 0 Å². The van der Waals surface area contributed by atoms with Crippen molar-refractivity contribution in [3.05, 3.63) is 0 Å². The van der Waals surface area contributed by atoms with Gasteiger partial charge in [-0.15, -0.1) is 0 Å². The molecule has 0 radical (unpaired) electrons. The maximum atomic E-state index is 9.68. The molecule has 0 saturated carbocycles. The van der Waals surface area contributed by atoms with Gasteiger partial charge in [0, 0.05) is 5.75 Å². The average Bonchev–Trinajstić information content (AvgIpc) is 2.41. The fraction of sp³-hybridized carbons (Fsp3) is 1.00. The predicted octanol–water partition coefficient (Wildman–Crippen LogP) is 2.99. The summed E-state index contributed by atoms with van der Waals surface area (Å²) in [5.74, 6) is -0.243. The van der Waals surface area contributed by atoms with Gasteiger partial charge in [-0.3, -0.25) is 0 Å². The van der Waals surface area contributed by atoms with Crippen molar-refractivity contribution in [3.8, 4) is 0 Å². The molecule has 0 bridgehead atoms. The van der Waals surface area contributed by atoms with E-state index in [2.05, 4.69) is 27.9 Å². The SMILES string of the molecule is CCCCCCCCCC(CC)[NH+](C)C.CCCS(=O)(=O)[O-]. The molecule has 4 nitrogen and oxygen atoms in total. The van der Waals surface area contributed by atoms with Crippen molar-refractivity contribution in [1.82, 2.24) is 0 Å². The van der Waals surface area contributed by atoms with Crippen LogP contribution in [-0.2, 0) is 10.1 Å². The Kier molecular flexibility index (Phi) is 17.3. The van der Waals surface area contributed by atoms with Crippen molar-refractivity contribution >= 4 is 10.1 Å². The Balaban J connectivity index is 0. The minimum absolute atomic E-state index is 0.243. The summed E-state index contributed by atoms with van der Waals surface area (Å²) >= 11 is 0. The van der Waals surface area contributed by atoms with E-state index in [1.165, 1.54) is 57.8 Å². The van der Waals surface area contributed by atoms with Gasteiger partial charge >= 0.3 is 0 Å². The number of unbranched alkanes of at least 4 members (excludes halogenated alkanes) is 6. The van der Waals surface area contributed by atoms with Crippen molar-refractivity contribution in [1.29, 1.82) is 0 Å². The van der Waals surface area contributed by atoms with Crippen LogP contribution in [0.3, 0.4) is 0 Å². The summed E-state index contributed by atoms with van der Waals surface area (Å²) in [6, 6.07) is 0.889. The van der Waals surface area contributed by atoms with E-state index in [1.54, 1.807) is 11.8 Å². The lowest BCUT2D eigenvalue weighted by Crippen LogP contribution is -3.09. The normalized spacial score (nSPS) is 12.9. The summed E-state index contributed by atoms with van der Waals surface area (Å²) in [4.78, 5) is 1.63. The fourth-order valence-electron chi connectivity index (χ4n) is 2.50. The molecular formula is C17H39NO3S. The van der Waals surface area contributed by atoms with Gasteiger partial charge in [-0.2, -0.15) is 0 Å². The van der Waals surface area contributed by atoms with Crippen LogP contribution in [0.15, 0.2) is 0 Å². The van der Waals surface area contributed by atoms with Gasteiger partial charge < -0.3 is 9.45 Å². The molecule has 0 aliphatic carbocycles. The monoisotopic (exact) mass is 337 g/mol. The summed E-state index contributed by atoms with van der Waals surface area (Å²) in [5.41, 5.74) is 0. The van der Waals surface area contributed by atoms with Crippen molar-refractivity contribution < 1.29 is 17.9 Å². The molecule has 0 amide bonds. The number of nitrogens with one attached hydrogen (secondary N) is 1. The first-order valence-corrected chi connectivity index (χ1v) is 10.6. The van der Waals surface area contributed by atoms with E-state index in [0.717, 1.165) is 6.04 Å². The van der Waals surface area contributed by atoms with Crippen molar-refractivity contribution in [2.24, 2.45) is 0 Å². The van der Waals surface area contributed by atoms with E-state index < -0.39 is 10.1 Å². The average molecular weight is 338 g/mol. The molecule has 136 valence electrons. The zero-order valence-electron chi connectivity index (χ0n) is 15.5. The van der Waals surface area contributed by atoms with Gasteiger partial charge in [-0.05, 0) is 25.7 Å². The minimum Gasteiger partial charge on any atom is -0.748 e. The Morgan fingerprint density at radius 1 is 0.864 bits per heavy atom. The van der Waals surface area contributed by atoms with Crippen molar-refractivity contribution in [2.45, 2.75) is 91.0 Å². The second-order valence-corrected chi connectivity index (χ2v) is 7.88. The fourth-order valence-corrected chi connectivity index (χ4v) is 3.00. The maximum Gasteiger partial charge on any atom is 0.0945 e. The van der Waals surface area contributed by atoms with Gasteiger partial charge in [0.15, 0.2) is 0 Å². The highest BCUT2D eigenvalue weighted by Crippen LogP contribution is 2.09. The van der Waals surface area contributed by atoms with Gasteiger partial charge in [0.25, 0.3) is 0 Å². The lowest BCUT2D eigenvalue weighted by molar-refractivity contribution is -0.886. The molecule has 0 aromatic heterocycles. The van der Waals surface area contributed by atoms with Gasteiger partial charge in [-0.1, -0.05) is 59.3 Å². The number of quaternary nitrogens is 1. The van der Waals surface area contributed by atoms with Gasteiger partial charge in [-0.25, -0.2) is 8.42 Å². The molecule has 22 heavy (non-hydrogen) atoms. The Morgan fingerprint density at radius 3 is 1.68 bits per heavy atom. The molecule has 0 fully saturated rings. The van der Waals surface area contributed by atoms with Crippen LogP contribution in [-0.4, -0.2) is 38.9 Å². The third-order valence-corrected chi connectivity index (χ3v) is 4.83. The van der Waals surface area contributed by atoms with E-state index >= 15 is 0 Å². The van der Waals surface area contributed by atoms with Crippen LogP contribution < -0.4 is 4.90 Å². The summed E-state index contributed by atoms with van der Waals surface area (Å²) in [6.07, 6.45) is 13.2. The van der Waals surface area contributed by atoms with Crippen LogP contribution in [0, 0.1) is 0 Å². The number of hydrogen-bond acceptors (Lipinski definition) is 3. The first kappa shape index (κ1) is 24.1.